The van der Waals surface area contributed by atoms with Gasteiger partial charge in [0.15, 0.2) is 0 Å². The molecule has 0 heterocycles. The second-order valence-electron chi connectivity index (χ2n) is 2.32. The first-order valence-corrected chi connectivity index (χ1v) is 5.60. The molecule has 2 nitrogen and oxygen atoms in total. The SMILES string of the molecule is O=[SH](=S)CNC1CCC1. The summed E-state index contributed by atoms with van der Waals surface area (Å²) >= 11 is 4.52. The van der Waals surface area contributed by atoms with E-state index in [0.717, 1.165) is 0 Å². The molecule has 1 saturated carbocycles. The first kappa shape index (κ1) is 7.44. The predicted molar refractivity (Wildman–Crippen MR) is 42.5 cm³/mol. The maximum absolute atomic E-state index is 10.4. The van der Waals surface area contributed by atoms with Crippen LogP contribution in [0.4, 0.5) is 0 Å². The van der Waals surface area contributed by atoms with Crippen LogP contribution in [0.25, 0.3) is 0 Å². The van der Waals surface area contributed by atoms with Gasteiger partial charge in [-0.2, -0.15) is 0 Å². The van der Waals surface area contributed by atoms with Gasteiger partial charge in [-0.3, -0.25) is 4.21 Å². The molecule has 0 bridgehead atoms. The second-order valence-corrected chi connectivity index (χ2v) is 4.53. The maximum atomic E-state index is 10.4. The zero-order chi connectivity index (χ0) is 6.69. The first-order chi connectivity index (χ1) is 4.29. The van der Waals surface area contributed by atoms with Crippen molar-refractivity contribution >= 4 is 20.5 Å². The van der Waals surface area contributed by atoms with Gasteiger partial charge in [0.25, 0.3) is 0 Å². The highest BCUT2D eigenvalue weighted by molar-refractivity contribution is 8.21. The molecule has 0 aromatic carbocycles. The van der Waals surface area contributed by atoms with E-state index in [1.54, 1.807) is 0 Å². The van der Waals surface area contributed by atoms with E-state index in [4.69, 9.17) is 0 Å². The van der Waals surface area contributed by atoms with Gasteiger partial charge >= 0.3 is 0 Å². The Labute approximate surface area is 61.7 Å². The van der Waals surface area contributed by atoms with Gasteiger partial charge in [-0.25, -0.2) is 0 Å². The molecule has 1 fully saturated rings. The van der Waals surface area contributed by atoms with Crippen molar-refractivity contribution in [2.45, 2.75) is 25.3 Å². The van der Waals surface area contributed by atoms with Crippen LogP contribution in [0.1, 0.15) is 19.3 Å². The number of hydrogen-bond acceptors (Lipinski definition) is 3. The third-order valence-corrected chi connectivity index (χ3v) is 2.44. The number of nitrogens with one attached hydrogen (secondary N) is 1. The predicted octanol–water partition coefficient (Wildman–Crippen LogP) is 0.0289. The summed E-state index contributed by atoms with van der Waals surface area (Å²) in [5.74, 6) is 0.523. The van der Waals surface area contributed by atoms with Crippen molar-refractivity contribution in [2.24, 2.45) is 0 Å². The summed E-state index contributed by atoms with van der Waals surface area (Å²) in [5, 5.41) is 3.13. The highest BCUT2D eigenvalue weighted by Gasteiger charge is 2.15. The summed E-state index contributed by atoms with van der Waals surface area (Å²) in [6, 6.07) is 0.617. The Morgan fingerprint density at radius 3 is 2.67 bits per heavy atom. The van der Waals surface area contributed by atoms with E-state index in [1.165, 1.54) is 19.3 Å². The molecule has 0 aliphatic heterocycles. The van der Waals surface area contributed by atoms with Gasteiger partial charge in [-0.15, -0.1) is 0 Å². The molecular formula is C5H11NOS2. The normalized spacial score (nSPS) is 23.1. The minimum absolute atomic E-state index is 0.523. The van der Waals surface area contributed by atoms with Crippen molar-refractivity contribution in [3.8, 4) is 0 Å². The van der Waals surface area contributed by atoms with Crippen molar-refractivity contribution in [3.05, 3.63) is 0 Å². The monoisotopic (exact) mass is 165 g/mol. The van der Waals surface area contributed by atoms with Gasteiger partial charge in [0.05, 0.1) is 5.88 Å². The molecule has 0 amide bonds. The average Bonchev–Trinajstić information content (AvgIpc) is 1.60. The zero-order valence-corrected chi connectivity index (χ0v) is 6.88. The molecule has 0 aromatic heterocycles. The van der Waals surface area contributed by atoms with Gasteiger partial charge in [0.1, 0.15) is 0 Å². The van der Waals surface area contributed by atoms with E-state index in [2.05, 4.69) is 16.5 Å². The number of hydrogen-bond donors (Lipinski definition) is 2. The lowest BCUT2D eigenvalue weighted by Gasteiger charge is -2.25. The van der Waals surface area contributed by atoms with Crippen LogP contribution in [0, 0.1) is 0 Å². The summed E-state index contributed by atoms with van der Waals surface area (Å²) in [6.07, 6.45) is 3.78. The van der Waals surface area contributed by atoms with Crippen molar-refractivity contribution < 1.29 is 4.21 Å². The lowest BCUT2D eigenvalue weighted by atomic mass is 9.94. The van der Waals surface area contributed by atoms with Crippen LogP contribution in [0.3, 0.4) is 0 Å². The van der Waals surface area contributed by atoms with Crippen LogP contribution in [0.5, 0.6) is 0 Å². The molecule has 9 heavy (non-hydrogen) atoms. The summed E-state index contributed by atoms with van der Waals surface area (Å²) < 4.78 is 10.4. The van der Waals surface area contributed by atoms with E-state index in [-0.39, 0.29) is 0 Å². The summed E-state index contributed by atoms with van der Waals surface area (Å²) in [7, 11) is -1.38. The molecule has 0 saturated heterocycles. The van der Waals surface area contributed by atoms with Crippen molar-refractivity contribution in [2.75, 3.05) is 5.88 Å². The molecule has 1 N–H and O–H groups in total. The van der Waals surface area contributed by atoms with Crippen LogP contribution in [0.2, 0.25) is 0 Å². The van der Waals surface area contributed by atoms with Gasteiger partial charge in [-0.1, -0.05) is 6.42 Å². The van der Waals surface area contributed by atoms with Gasteiger partial charge < -0.3 is 5.32 Å². The van der Waals surface area contributed by atoms with E-state index in [0.29, 0.717) is 11.9 Å². The Morgan fingerprint density at radius 2 is 2.33 bits per heavy atom. The average molecular weight is 165 g/mol. The van der Waals surface area contributed by atoms with Crippen molar-refractivity contribution in [1.29, 1.82) is 0 Å². The quantitative estimate of drug-likeness (QED) is 0.578. The van der Waals surface area contributed by atoms with E-state index in [9.17, 15) is 4.21 Å². The minimum atomic E-state index is -1.38. The molecular weight excluding hydrogens is 154 g/mol. The molecule has 1 aliphatic carbocycles. The topological polar surface area (TPSA) is 29.1 Å². The lowest BCUT2D eigenvalue weighted by Crippen LogP contribution is -2.35. The van der Waals surface area contributed by atoms with Gasteiger partial charge in [0, 0.05) is 15.4 Å². The molecule has 4 heteroatoms. The van der Waals surface area contributed by atoms with Crippen LogP contribution in [0.15, 0.2) is 0 Å². The fourth-order valence-corrected chi connectivity index (χ4v) is 1.45. The molecule has 1 unspecified atom stereocenters. The molecule has 0 radical (unpaired) electrons. The Bertz CT molecular complexity index is 143. The zero-order valence-electron chi connectivity index (χ0n) is 5.17. The molecule has 54 valence electrons. The number of rotatable bonds is 3. The summed E-state index contributed by atoms with van der Waals surface area (Å²) in [4.78, 5) is 0. The summed E-state index contributed by atoms with van der Waals surface area (Å²) in [5.41, 5.74) is 0. The Hall–Kier alpha value is 0.330. The summed E-state index contributed by atoms with van der Waals surface area (Å²) in [6.45, 7) is 0. The fourth-order valence-electron chi connectivity index (χ4n) is 0.816. The molecule has 1 rings (SSSR count). The van der Waals surface area contributed by atoms with Gasteiger partial charge in [-0.05, 0) is 24.0 Å². The molecule has 0 aromatic rings. The maximum Gasteiger partial charge on any atom is 0.0721 e. The Morgan fingerprint density at radius 1 is 1.67 bits per heavy atom. The third kappa shape index (κ3) is 2.60. The van der Waals surface area contributed by atoms with Gasteiger partial charge in [0.2, 0.25) is 0 Å². The van der Waals surface area contributed by atoms with Crippen LogP contribution in [-0.4, -0.2) is 16.1 Å². The lowest BCUT2D eigenvalue weighted by molar-refractivity contribution is 0.357. The van der Waals surface area contributed by atoms with Crippen LogP contribution in [-0.2, 0) is 20.5 Å². The van der Waals surface area contributed by atoms with E-state index < -0.39 is 9.36 Å². The van der Waals surface area contributed by atoms with E-state index >= 15 is 0 Å². The Kier molecular flexibility index (Phi) is 2.88. The van der Waals surface area contributed by atoms with Crippen LogP contribution >= 0.6 is 0 Å². The first-order valence-electron chi connectivity index (χ1n) is 3.14. The standard InChI is InChI=1S/C5H11NOS2/c7-9(8)4-6-5-2-1-3-5/h5-6,9H,1-4H2. The number of thiol groups is 1. The Balaban J connectivity index is 2.04. The fraction of sp³-hybridized carbons (Fsp3) is 1.00. The highest BCUT2D eigenvalue weighted by atomic mass is 32.8. The second kappa shape index (κ2) is 3.49. The van der Waals surface area contributed by atoms with E-state index in [1.807, 2.05) is 0 Å². The van der Waals surface area contributed by atoms with Crippen molar-refractivity contribution in [1.82, 2.24) is 5.32 Å². The molecule has 1 atom stereocenters. The van der Waals surface area contributed by atoms with Crippen LogP contribution < -0.4 is 5.32 Å². The molecule has 0 spiro atoms. The third-order valence-electron chi connectivity index (χ3n) is 1.61. The molecule has 1 aliphatic rings. The largest absolute Gasteiger partial charge is 0.303 e. The highest BCUT2D eigenvalue weighted by Crippen LogP contribution is 2.17. The smallest absolute Gasteiger partial charge is 0.0721 e. The minimum Gasteiger partial charge on any atom is -0.303 e. The van der Waals surface area contributed by atoms with Crippen molar-refractivity contribution in [3.63, 3.8) is 0 Å².